The van der Waals surface area contributed by atoms with Gasteiger partial charge >= 0.3 is 6.03 Å². The Balaban J connectivity index is 2.12. The lowest BCUT2D eigenvalue weighted by Gasteiger charge is -2.28. The molecule has 0 spiro atoms. The normalized spacial score (nSPS) is 11.9. The van der Waals surface area contributed by atoms with Gasteiger partial charge in [0.15, 0.2) is 0 Å². The molecule has 2 aromatic rings. The van der Waals surface area contributed by atoms with Crippen LogP contribution in [0.25, 0.3) is 0 Å². The molecule has 0 bridgehead atoms. The minimum atomic E-state index is -0.236. The number of anilines is 1. The van der Waals surface area contributed by atoms with Crippen LogP contribution in [0.4, 0.5) is 9.93 Å². The third kappa shape index (κ3) is 3.24. The van der Waals surface area contributed by atoms with Gasteiger partial charge in [-0.2, -0.15) is 0 Å². The van der Waals surface area contributed by atoms with Crippen LogP contribution < -0.4 is 5.32 Å². The maximum absolute atomic E-state index is 12.2. The van der Waals surface area contributed by atoms with Crippen LogP contribution in [0.15, 0.2) is 29.8 Å². The van der Waals surface area contributed by atoms with Gasteiger partial charge in [0.05, 0.1) is 6.04 Å². The van der Waals surface area contributed by atoms with E-state index in [1.165, 1.54) is 11.3 Å². The van der Waals surface area contributed by atoms with E-state index in [0.717, 1.165) is 5.56 Å². The topological polar surface area (TPSA) is 78.4 Å². The molecule has 0 saturated carbocycles. The van der Waals surface area contributed by atoms with E-state index < -0.39 is 0 Å². The molecule has 0 fully saturated rings. The van der Waals surface area contributed by atoms with E-state index in [0.29, 0.717) is 11.7 Å². The van der Waals surface area contributed by atoms with Crippen molar-refractivity contribution in [1.82, 2.24) is 15.1 Å². The largest absolute Gasteiger partial charge is 0.508 e. The number of phenolic OH excluding ortho intramolecular Hbond substituents is 1. The van der Waals surface area contributed by atoms with Gasteiger partial charge in [-0.25, -0.2) is 4.79 Å². The van der Waals surface area contributed by atoms with Gasteiger partial charge in [-0.05, 0) is 31.5 Å². The number of urea groups is 1. The fraction of sp³-hybridized carbons (Fsp3) is 0.308. The van der Waals surface area contributed by atoms with Crippen LogP contribution in [0.5, 0.6) is 5.75 Å². The molecule has 2 N–H and O–H groups in total. The maximum atomic E-state index is 12.2. The molecule has 1 atom stereocenters. The Morgan fingerprint density at radius 3 is 2.95 bits per heavy atom. The molecule has 2 rings (SSSR count). The summed E-state index contributed by atoms with van der Waals surface area (Å²) in [6.45, 7) is 4.36. The first-order chi connectivity index (χ1) is 9.61. The summed E-state index contributed by atoms with van der Waals surface area (Å²) in [5.74, 6) is 0.190. The van der Waals surface area contributed by atoms with Crippen LogP contribution in [-0.2, 0) is 0 Å². The Labute approximate surface area is 121 Å². The van der Waals surface area contributed by atoms with E-state index >= 15 is 0 Å². The van der Waals surface area contributed by atoms with E-state index in [1.54, 1.807) is 28.6 Å². The van der Waals surface area contributed by atoms with Gasteiger partial charge < -0.3 is 10.0 Å². The first-order valence-electron chi connectivity index (χ1n) is 6.24. The molecule has 1 aromatic heterocycles. The first-order valence-corrected chi connectivity index (χ1v) is 7.12. The van der Waals surface area contributed by atoms with E-state index in [-0.39, 0.29) is 17.8 Å². The Kier molecular flexibility index (Phi) is 4.52. The van der Waals surface area contributed by atoms with E-state index in [1.807, 2.05) is 19.9 Å². The highest BCUT2D eigenvalue weighted by Gasteiger charge is 2.20. The molecule has 0 aliphatic carbocycles. The van der Waals surface area contributed by atoms with E-state index in [4.69, 9.17) is 0 Å². The maximum Gasteiger partial charge on any atom is 0.324 e. The summed E-state index contributed by atoms with van der Waals surface area (Å²) in [7, 11) is 0. The molecule has 0 aliphatic rings. The summed E-state index contributed by atoms with van der Waals surface area (Å²) in [6.07, 6.45) is 0. The number of nitrogens with one attached hydrogen (secondary N) is 1. The summed E-state index contributed by atoms with van der Waals surface area (Å²) >= 11 is 1.27. The Morgan fingerprint density at radius 1 is 1.55 bits per heavy atom. The van der Waals surface area contributed by atoms with Gasteiger partial charge in [-0.3, -0.25) is 5.32 Å². The number of carbonyl (C=O) groups is 1. The summed E-state index contributed by atoms with van der Waals surface area (Å²) in [4.78, 5) is 13.9. The summed E-state index contributed by atoms with van der Waals surface area (Å²) in [5, 5.41) is 20.2. The number of benzene rings is 1. The van der Waals surface area contributed by atoms with Crippen molar-refractivity contribution in [3.63, 3.8) is 0 Å². The average Bonchev–Trinajstić information content (AvgIpc) is 2.92. The summed E-state index contributed by atoms with van der Waals surface area (Å²) in [5.41, 5.74) is 2.43. The number of phenols is 1. The number of aromatic hydroxyl groups is 1. The molecule has 20 heavy (non-hydrogen) atoms. The molecular weight excluding hydrogens is 276 g/mol. The van der Waals surface area contributed by atoms with Gasteiger partial charge in [0.25, 0.3) is 0 Å². The highest BCUT2D eigenvalue weighted by atomic mass is 32.1. The van der Waals surface area contributed by atoms with Gasteiger partial charge in [0.1, 0.15) is 11.3 Å². The molecule has 0 saturated heterocycles. The van der Waals surface area contributed by atoms with Crippen molar-refractivity contribution < 1.29 is 9.90 Å². The van der Waals surface area contributed by atoms with Gasteiger partial charge in [-0.15, -0.1) is 10.2 Å². The monoisotopic (exact) mass is 292 g/mol. The van der Waals surface area contributed by atoms with Crippen molar-refractivity contribution in [2.24, 2.45) is 0 Å². The Bertz CT molecular complexity index is 574. The molecule has 7 heteroatoms. The first kappa shape index (κ1) is 14.3. The zero-order chi connectivity index (χ0) is 14.5. The van der Waals surface area contributed by atoms with Crippen molar-refractivity contribution in [2.45, 2.75) is 19.9 Å². The number of rotatable bonds is 4. The number of hydrogen-bond donors (Lipinski definition) is 2. The second-order valence-electron chi connectivity index (χ2n) is 4.23. The van der Waals surface area contributed by atoms with Crippen LogP contribution in [0.3, 0.4) is 0 Å². The molecule has 6 nitrogen and oxygen atoms in total. The lowest BCUT2D eigenvalue weighted by Crippen LogP contribution is -2.36. The van der Waals surface area contributed by atoms with E-state index in [2.05, 4.69) is 15.5 Å². The van der Waals surface area contributed by atoms with Gasteiger partial charge in [0, 0.05) is 6.54 Å². The van der Waals surface area contributed by atoms with Gasteiger partial charge in [0.2, 0.25) is 5.13 Å². The average molecular weight is 292 g/mol. The number of aromatic nitrogens is 2. The predicted molar refractivity (Wildman–Crippen MR) is 77.8 cm³/mol. The van der Waals surface area contributed by atoms with Crippen LogP contribution in [0.2, 0.25) is 0 Å². The number of amides is 2. The molecule has 1 aromatic carbocycles. The summed E-state index contributed by atoms with van der Waals surface area (Å²) < 4.78 is 0. The molecule has 0 aliphatic heterocycles. The van der Waals surface area contributed by atoms with Crippen molar-refractivity contribution in [3.8, 4) is 5.75 Å². The van der Waals surface area contributed by atoms with Crippen LogP contribution >= 0.6 is 11.3 Å². The highest BCUT2D eigenvalue weighted by molar-refractivity contribution is 7.13. The lowest BCUT2D eigenvalue weighted by molar-refractivity contribution is 0.197. The zero-order valence-electron chi connectivity index (χ0n) is 11.3. The third-order valence-electron chi connectivity index (χ3n) is 3.00. The number of hydrogen-bond acceptors (Lipinski definition) is 5. The van der Waals surface area contributed by atoms with E-state index in [9.17, 15) is 9.90 Å². The molecule has 2 amide bonds. The SMILES string of the molecule is CCN(C(=O)Nc1nncs1)C(C)c1cccc(O)c1. The Hall–Kier alpha value is -2.15. The molecule has 1 heterocycles. The fourth-order valence-corrected chi connectivity index (χ4v) is 2.38. The third-order valence-corrected chi connectivity index (χ3v) is 3.60. The predicted octanol–water partition coefficient (Wildman–Crippen LogP) is 2.86. The standard InChI is InChI=1S/C13H16N4O2S/c1-3-17(13(19)15-12-16-14-8-20-12)9(2)10-5-4-6-11(18)7-10/h4-9,18H,3H2,1-2H3,(H,15,16,19). The lowest BCUT2D eigenvalue weighted by atomic mass is 10.1. The smallest absolute Gasteiger partial charge is 0.324 e. The highest BCUT2D eigenvalue weighted by Crippen LogP contribution is 2.24. The molecule has 0 radical (unpaired) electrons. The Morgan fingerprint density at radius 2 is 2.35 bits per heavy atom. The van der Waals surface area contributed by atoms with Gasteiger partial charge in [-0.1, -0.05) is 23.5 Å². The van der Waals surface area contributed by atoms with Crippen LogP contribution in [0.1, 0.15) is 25.5 Å². The fourth-order valence-electron chi connectivity index (χ4n) is 1.95. The number of carbonyl (C=O) groups excluding carboxylic acids is 1. The van der Waals surface area contributed by atoms with Crippen molar-refractivity contribution in [1.29, 1.82) is 0 Å². The minimum absolute atomic E-state index is 0.153. The number of nitrogens with zero attached hydrogens (tertiary/aromatic N) is 3. The quantitative estimate of drug-likeness (QED) is 0.908. The van der Waals surface area contributed by atoms with Crippen LogP contribution in [0, 0.1) is 0 Å². The zero-order valence-corrected chi connectivity index (χ0v) is 12.1. The molecule has 106 valence electrons. The second kappa shape index (κ2) is 6.33. The minimum Gasteiger partial charge on any atom is -0.508 e. The molecule has 1 unspecified atom stereocenters. The second-order valence-corrected chi connectivity index (χ2v) is 5.06. The summed E-state index contributed by atoms with van der Waals surface area (Å²) in [6, 6.07) is 6.52. The molecular formula is C13H16N4O2S. The van der Waals surface area contributed by atoms with Crippen molar-refractivity contribution in [3.05, 3.63) is 35.3 Å². The van der Waals surface area contributed by atoms with Crippen molar-refractivity contribution >= 4 is 22.5 Å². The van der Waals surface area contributed by atoms with Crippen LogP contribution in [-0.4, -0.2) is 32.8 Å². The van der Waals surface area contributed by atoms with Crippen molar-refractivity contribution in [2.75, 3.05) is 11.9 Å².